The number of amides is 1. The Morgan fingerprint density at radius 3 is 2.57 bits per heavy atom. The lowest BCUT2D eigenvalue weighted by Gasteiger charge is -2.21. The summed E-state index contributed by atoms with van der Waals surface area (Å²) < 4.78 is 42.5. The van der Waals surface area contributed by atoms with Gasteiger partial charge in [0.05, 0.1) is 18.7 Å². The number of halogens is 3. The van der Waals surface area contributed by atoms with Crippen LogP contribution in [0.25, 0.3) is 0 Å². The van der Waals surface area contributed by atoms with Crippen molar-refractivity contribution >= 4 is 11.9 Å². The molecule has 0 saturated heterocycles. The van der Waals surface area contributed by atoms with E-state index in [1.807, 2.05) is 6.07 Å². The van der Waals surface area contributed by atoms with Gasteiger partial charge in [-0.25, -0.2) is 4.79 Å². The lowest BCUT2D eigenvalue weighted by molar-refractivity contribution is -0.144. The molecular formula is C15H15F3N2O3. The van der Waals surface area contributed by atoms with Gasteiger partial charge in [0, 0.05) is 17.9 Å². The Bertz CT molecular complexity index is 623. The van der Waals surface area contributed by atoms with Crippen LogP contribution >= 0.6 is 0 Å². The number of esters is 1. The molecule has 1 rings (SSSR count). The van der Waals surface area contributed by atoms with Crippen LogP contribution in [0.3, 0.4) is 0 Å². The molecule has 8 heteroatoms. The molecular weight excluding hydrogens is 313 g/mol. The highest BCUT2D eigenvalue weighted by Gasteiger charge is 2.32. The summed E-state index contributed by atoms with van der Waals surface area (Å²) in [5, 5.41) is 11.0. The SMILES string of the molecule is COC(=O)[C@@H](NC(=O)c1cccc(C(F)(F)F)c1)[C@@H](C)CC#N. The van der Waals surface area contributed by atoms with Gasteiger partial charge in [0.25, 0.3) is 5.91 Å². The Morgan fingerprint density at radius 2 is 2.04 bits per heavy atom. The van der Waals surface area contributed by atoms with Gasteiger partial charge in [-0.1, -0.05) is 13.0 Å². The van der Waals surface area contributed by atoms with Crippen LogP contribution in [0, 0.1) is 17.2 Å². The molecule has 0 saturated carbocycles. The first-order valence-corrected chi connectivity index (χ1v) is 6.63. The second-order valence-electron chi connectivity index (χ2n) is 4.89. The van der Waals surface area contributed by atoms with Crippen molar-refractivity contribution in [2.45, 2.75) is 25.6 Å². The van der Waals surface area contributed by atoms with E-state index in [4.69, 9.17) is 5.26 Å². The van der Waals surface area contributed by atoms with E-state index in [0.717, 1.165) is 19.2 Å². The number of carbonyl (C=O) groups is 2. The molecule has 0 aliphatic heterocycles. The van der Waals surface area contributed by atoms with Crippen molar-refractivity contribution in [1.29, 1.82) is 5.26 Å². The van der Waals surface area contributed by atoms with Crippen molar-refractivity contribution in [3.63, 3.8) is 0 Å². The number of nitrogens with one attached hydrogen (secondary N) is 1. The molecule has 2 atom stereocenters. The summed E-state index contributed by atoms with van der Waals surface area (Å²) in [4.78, 5) is 23.8. The van der Waals surface area contributed by atoms with Gasteiger partial charge in [-0.05, 0) is 18.2 Å². The first-order valence-electron chi connectivity index (χ1n) is 6.63. The van der Waals surface area contributed by atoms with Crippen molar-refractivity contribution in [2.24, 2.45) is 5.92 Å². The third kappa shape index (κ3) is 4.98. The highest BCUT2D eigenvalue weighted by atomic mass is 19.4. The molecule has 0 fully saturated rings. The smallest absolute Gasteiger partial charge is 0.416 e. The first-order chi connectivity index (χ1) is 10.7. The van der Waals surface area contributed by atoms with E-state index < -0.39 is 35.6 Å². The average Bonchev–Trinajstić information content (AvgIpc) is 2.51. The van der Waals surface area contributed by atoms with E-state index in [2.05, 4.69) is 10.1 Å². The summed E-state index contributed by atoms with van der Waals surface area (Å²) in [5.41, 5.74) is -1.21. The normalized spacial score (nSPS) is 13.6. The molecule has 0 aliphatic carbocycles. The highest BCUT2D eigenvalue weighted by Crippen LogP contribution is 2.29. The van der Waals surface area contributed by atoms with Crippen LogP contribution in [0.4, 0.5) is 13.2 Å². The molecule has 1 N–H and O–H groups in total. The quantitative estimate of drug-likeness (QED) is 0.843. The van der Waals surface area contributed by atoms with E-state index in [1.165, 1.54) is 6.07 Å². The molecule has 0 heterocycles. The lowest BCUT2D eigenvalue weighted by Crippen LogP contribution is -2.45. The van der Waals surface area contributed by atoms with Crippen molar-refractivity contribution in [3.05, 3.63) is 35.4 Å². The Kier molecular flexibility index (Phi) is 6.13. The van der Waals surface area contributed by atoms with Gasteiger partial charge >= 0.3 is 12.1 Å². The van der Waals surface area contributed by atoms with E-state index in [9.17, 15) is 22.8 Å². The number of nitrogens with zero attached hydrogens (tertiary/aromatic N) is 1. The molecule has 124 valence electrons. The fourth-order valence-electron chi connectivity index (χ4n) is 1.88. The van der Waals surface area contributed by atoms with Crippen molar-refractivity contribution in [3.8, 4) is 6.07 Å². The largest absolute Gasteiger partial charge is 0.467 e. The third-order valence-electron chi connectivity index (χ3n) is 3.18. The van der Waals surface area contributed by atoms with Gasteiger partial charge in [0.1, 0.15) is 6.04 Å². The minimum Gasteiger partial charge on any atom is -0.467 e. The number of nitriles is 1. The summed E-state index contributed by atoms with van der Waals surface area (Å²) in [6.07, 6.45) is -4.60. The zero-order chi connectivity index (χ0) is 17.6. The molecule has 0 radical (unpaired) electrons. The van der Waals surface area contributed by atoms with E-state index in [0.29, 0.717) is 6.07 Å². The van der Waals surface area contributed by atoms with Crippen LogP contribution in [0.2, 0.25) is 0 Å². The zero-order valence-electron chi connectivity index (χ0n) is 12.5. The molecule has 0 unspecified atom stereocenters. The number of rotatable bonds is 5. The van der Waals surface area contributed by atoms with Gasteiger partial charge < -0.3 is 10.1 Å². The molecule has 23 heavy (non-hydrogen) atoms. The van der Waals surface area contributed by atoms with Crippen LogP contribution in [0.5, 0.6) is 0 Å². The topological polar surface area (TPSA) is 79.2 Å². The van der Waals surface area contributed by atoms with Crippen LogP contribution in [0.1, 0.15) is 29.3 Å². The number of ether oxygens (including phenoxy) is 1. The molecule has 0 aliphatic rings. The fourth-order valence-corrected chi connectivity index (χ4v) is 1.88. The summed E-state index contributed by atoms with van der Waals surface area (Å²) in [5.74, 6) is -2.17. The van der Waals surface area contributed by atoms with Crippen LogP contribution in [0.15, 0.2) is 24.3 Å². The van der Waals surface area contributed by atoms with Crippen molar-refractivity contribution in [1.82, 2.24) is 5.32 Å². The maximum absolute atomic E-state index is 12.7. The highest BCUT2D eigenvalue weighted by molar-refractivity contribution is 5.97. The molecule has 1 amide bonds. The first kappa shape index (κ1) is 18.5. The van der Waals surface area contributed by atoms with Gasteiger partial charge in [-0.3, -0.25) is 4.79 Å². The average molecular weight is 328 g/mol. The molecule has 1 aromatic rings. The summed E-state index contributed by atoms with van der Waals surface area (Å²) in [6, 6.07) is 4.57. The van der Waals surface area contributed by atoms with E-state index in [-0.39, 0.29) is 12.0 Å². The van der Waals surface area contributed by atoms with Gasteiger partial charge in [-0.2, -0.15) is 18.4 Å². The summed E-state index contributed by atoms with van der Waals surface area (Å²) >= 11 is 0. The van der Waals surface area contributed by atoms with Gasteiger partial charge in [0.15, 0.2) is 0 Å². The Balaban J connectivity index is 2.99. The molecule has 0 aromatic heterocycles. The molecule has 0 bridgehead atoms. The second-order valence-corrected chi connectivity index (χ2v) is 4.89. The van der Waals surface area contributed by atoms with E-state index >= 15 is 0 Å². The maximum Gasteiger partial charge on any atom is 0.416 e. The van der Waals surface area contributed by atoms with Gasteiger partial charge in [-0.15, -0.1) is 0 Å². The predicted octanol–water partition coefficient (Wildman–Crippen LogP) is 2.53. The predicted molar refractivity (Wildman–Crippen MR) is 74.1 cm³/mol. The maximum atomic E-state index is 12.7. The van der Waals surface area contributed by atoms with Crippen molar-refractivity contribution < 1.29 is 27.5 Å². The molecule has 1 aromatic carbocycles. The van der Waals surface area contributed by atoms with Crippen LogP contribution in [-0.2, 0) is 15.7 Å². The monoisotopic (exact) mass is 328 g/mol. The summed E-state index contributed by atoms with van der Waals surface area (Å²) in [7, 11) is 1.12. The Hall–Kier alpha value is -2.56. The molecule has 5 nitrogen and oxygen atoms in total. The van der Waals surface area contributed by atoms with Crippen LogP contribution < -0.4 is 5.32 Å². The zero-order valence-corrected chi connectivity index (χ0v) is 12.5. The number of alkyl halides is 3. The van der Waals surface area contributed by atoms with Gasteiger partial charge in [0.2, 0.25) is 0 Å². The third-order valence-corrected chi connectivity index (χ3v) is 3.18. The van der Waals surface area contributed by atoms with E-state index in [1.54, 1.807) is 6.92 Å². The Morgan fingerprint density at radius 1 is 1.39 bits per heavy atom. The van der Waals surface area contributed by atoms with Crippen LogP contribution in [-0.4, -0.2) is 25.0 Å². The minimum absolute atomic E-state index is 0.0252. The standard InChI is InChI=1S/C15H15F3N2O3/c1-9(6-7-19)12(14(22)23-2)20-13(21)10-4-3-5-11(8-10)15(16,17)18/h3-5,8-9,12H,6H2,1-2H3,(H,20,21)/t9-,12-/m0/s1. The number of benzene rings is 1. The van der Waals surface area contributed by atoms with Crippen molar-refractivity contribution in [2.75, 3.05) is 7.11 Å². The molecule has 0 spiro atoms. The number of hydrogen-bond acceptors (Lipinski definition) is 4. The summed E-state index contributed by atoms with van der Waals surface area (Å²) in [6.45, 7) is 1.55. The number of hydrogen-bond donors (Lipinski definition) is 1. The fraction of sp³-hybridized carbons (Fsp3) is 0.400. The number of carbonyl (C=O) groups excluding carboxylic acids is 2. The second kappa shape index (κ2) is 7.63. The Labute approximate surface area is 131 Å². The lowest BCUT2D eigenvalue weighted by atomic mass is 9.98. The number of methoxy groups -OCH3 is 1. The minimum atomic E-state index is -4.58.